The van der Waals surface area contributed by atoms with Crippen molar-refractivity contribution in [2.75, 3.05) is 7.11 Å². The minimum absolute atomic E-state index is 0.0865. The number of fused-ring (bicyclic) bond motifs is 3. The van der Waals surface area contributed by atoms with E-state index in [1.165, 1.54) is 0 Å². The van der Waals surface area contributed by atoms with E-state index < -0.39 is 0 Å². The Kier molecular flexibility index (Phi) is 3.19. The molecule has 1 atom stereocenters. The lowest BCUT2D eigenvalue weighted by atomic mass is 9.97. The molecule has 2 aromatic rings. The normalized spacial score (nSPS) is 14.1. The molecule has 0 saturated carbocycles. The maximum atomic E-state index is 12.4. The first kappa shape index (κ1) is 13.1. The molecule has 0 amide bonds. The third-order valence-electron chi connectivity index (χ3n) is 4.10. The number of hydrogen-bond donors (Lipinski definition) is 0. The number of carbonyl (C=O) groups excluding carboxylic acids is 1. The molecule has 0 saturated heterocycles. The summed E-state index contributed by atoms with van der Waals surface area (Å²) in [5.74, 6) is 0.135. The van der Waals surface area contributed by atoms with Gasteiger partial charge in [0, 0.05) is 18.2 Å². The van der Waals surface area contributed by atoms with Crippen LogP contribution in [-0.4, -0.2) is 12.9 Å². The molecule has 0 bridgehead atoms. The van der Waals surface area contributed by atoms with E-state index >= 15 is 0 Å². The van der Waals surface area contributed by atoms with Crippen LogP contribution in [0.1, 0.15) is 46.5 Å². The summed E-state index contributed by atoms with van der Waals surface area (Å²) in [6.45, 7) is 4.16. The summed E-state index contributed by atoms with van der Waals surface area (Å²) < 4.78 is 5.51. The largest absolute Gasteiger partial charge is 0.377 e. The van der Waals surface area contributed by atoms with Crippen LogP contribution in [0.5, 0.6) is 0 Å². The van der Waals surface area contributed by atoms with Crippen molar-refractivity contribution in [2.45, 2.75) is 26.4 Å². The number of benzene rings is 2. The van der Waals surface area contributed by atoms with Crippen LogP contribution in [0.2, 0.25) is 0 Å². The van der Waals surface area contributed by atoms with Gasteiger partial charge < -0.3 is 4.74 Å². The van der Waals surface area contributed by atoms with E-state index in [0.29, 0.717) is 0 Å². The van der Waals surface area contributed by atoms with Crippen LogP contribution in [0, 0.1) is 6.92 Å². The van der Waals surface area contributed by atoms with E-state index in [1.807, 2.05) is 24.3 Å². The summed E-state index contributed by atoms with van der Waals surface area (Å²) in [5.41, 5.74) is 6.05. The fraction of sp³-hybridized carbons (Fsp3) is 0.278. The van der Waals surface area contributed by atoms with E-state index in [2.05, 4.69) is 26.0 Å². The maximum Gasteiger partial charge on any atom is 0.194 e. The van der Waals surface area contributed by atoms with Gasteiger partial charge in [0.05, 0.1) is 6.10 Å². The van der Waals surface area contributed by atoms with Gasteiger partial charge in [0.2, 0.25) is 0 Å². The summed E-state index contributed by atoms with van der Waals surface area (Å²) in [6, 6.07) is 12.0. The summed E-state index contributed by atoms with van der Waals surface area (Å²) >= 11 is 0. The Bertz CT molecular complexity index is 682. The lowest BCUT2D eigenvalue weighted by Crippen LogP contribution is -2.01. The van der Waals surface area contributed by atoms with Crippen molar-refractivity contribution in [1.29, 1.82) is 0 Å². The molecule has 102 valence electrons. The minimum Gasteiger partial charge on any atom is -0.377 e. The highest BCUT2D eigenvalue weighted by atomic mass is 16.5. The number of carbonyl (C=O) groups is 1. The van der Waals surface area contributed by atoms with Gasteiger partial charge in [-0.1, -0.05) is 37.3 Å². The maximum absolute atomic E-state index is 12.4. The van der Waals surface area contributed by atoms with Crippen LogP contribution >= 0.6 is 0 Å². The van der Waals surface area contributed by atoms with Crippen LogP contribution in [0.25, 0.3) is 11.1 Å². The van der Waals surface area contributed by atoms with Gasteiger partial charge in [-0.3, -0.25) is 4.79 Å². The van der Waals surface area contributed by atoms with Crippen LogP contribution in [0.4, 0.5) is 0 Å². The van der Waals surface area contributed by atoms with Gasteiger partial charge in [-0.25, -0.2) is 0 Å². The first-order valence-electron chi connectivity index (χ1n) is 6.98. The standard InChI is InChI=1S/C18H18O2/c1-4-16(20-3)12-8-9-13-15(10-12)17-11(2)6-5-7-14(17)18(13)19/h5-10,16H,4H2,1-3H3. The van der Waals surface area contributed by atoms with Crippen molar-refractivity contribution in [3.05, 3.63) is 58.7 Å². The first-order chi connectivity index (χ1) is 9.67. The molecule has 0 N–H and O–H groups in total. The number of rotatable bonds is 3. The van der Waals surface area contributed by atoms with Gasteiger partial charge in [0.25, 0.3) is 0 Å². The van der Waals surface area contributed by atoms with Gasteiger partial charge in [-0.2, -0.15) is 0 Å². The molecule has 2 heteroatoms. The predicted molar refractivity (Wildman–Crippen MR) is 80.1 cm³/mol. The first-order valence-corrected chi connectivity index (χ1v) is 6.98. The zero-order valence-corrected chi connectivity index (χ0v) is 12.1. The Morgan fingerprint density at radius 1 is 1.10 bits per heavy atom. The van der Waals surface area contributed by atoms with E-state index in [0.717, 1.165) is 39.8 Å². The van der Waals surface area contributed by atoms with E-state index in [9.17, 15) is 4.79 Å². The van der Waals surface area contributed by atoms with Gasteiger partial charge in [0.1, 0.15) is 0 Å². The number of ketones is 1. The molecule has 0 spiro atoms. The van der Waals surface area contributed by atoms with Crippen LogP contribution in [-0.2, 0) is 4.74 Å². The number of aryl methyl sites for hydroxylation is 1. The highest BCUT2D eigenvalue weighted by molar-refractivity contribution is 6.22. The molecule has 3 rings (SSSR count). The Hall–Kier alpha value is -1.93. The summed E-state index contributed by atoms with van der Waals surface area (Å²) in [4.78, 5) is 12.4. The second-order valence-corrected chi connectivity index (χ2v) is 5.26. The fourth-order valence-corrected chi connectivity index (χ4v) is 3.06. The van der Waals surface area contributed by atoms with Gasteiger partial charge in [-0.05, 0) is 41.7 Å². The van der Waals surface area contributed by atoms with Gasteiger partial charge in [0.15, 0.2) is 5.78 Å². The van der Waals surface area contributed by atoms with Crippen molar-refractivity contribution in [3.8, 4) is 11.1 Å². The third-order valence-corrected chi connectivity index (χ3v) is 4.10. The summed E-state index contributed by atoms with van der Waals surface area (Å²) in [6.07, 6.45) is 1.01. The fourth-order valence-electron chi connectivity index (χ4n) is 3.06. The van der Waals surface area contributed by atoms with Gasteiger partial charge >= 0.3 is 0 Å². The molecular formula is C18H18O2. The SMILES string of the molecule is CCC(OC)c1ccc2c(c1)-c1c(C)cccc1C2=O. The Balaban J connectivity index is 2.21. The molecular weight excluding hydrogens is 248 g/mol. The smallest absolute Gasteiger partial charge is 0.194 e. The predicted octanol–water partition coefficient (Wildman–Crippen LogP) is 4.30. The zero-order chi connectivity index (χ0) is 14.3. The van der Waals surface area contributed by atoms with Crippen molar-refractivity contribution >= 4 is 5.78 Å². The summed E-state index contributed by atoms with van der Waals surface area (Å²) in [7, 11) is 1.73. The Morgan fingerprint density at radius 3 is 2.60 bits per heavy atom. The van der Waals surface area contributed by atoms with E-state index in [-0.39, 0.29) is 11.9 Å². The number of ether oxygens (including phenoxy) is 1. The Labute approximate surface area is 119 Å². The molecule has 1 unspecified atom stereocenters. The average Bonchev–Trinajstić information content (AvgIpc) is 2.75. The van der Waals surface area contributed by atoms with Crippen LogP contribution < -0.4 is 0 Å². The second kappa shape index (κ2) is 4.88. The lowest BCUT2D eigenvalue weighted by Gasteiger charge is -2.15. The zero-order valence-electron chi connectivity index (χ0n) is 12.1. The molecule has 0 aliphatic heterocycles. The highest BCUT2D eigenvalue weighted by Gasteiger charge is 2.28. The molecule has 2 nitrogen and oxygen atoms in total. The second-order valence-electron chi connectivity index (χ2n) is 5.26. The van der Waals surface area contributed by atoms with Crippen LogP contribution in [0.3, 0.4) is 0 Å². The molecule has 0 heterocycles. The van der Waals surface area contributed by atoms with Gasteiger partial charge in [-0.15, -0.1) is 0 Å². The van der Waals surface area contributed by atoms with Crippen molar-refractivity contribution in [3.63, 3.8) is 0 Å². The molecule has 0 radical (unpaired) electrons. The van der Waals surface area contributed by atoms with Crippen molar-refractivity contribution < 1.29 is 9.53 Å². The van der Waals surface area contributed by atoms with Crippen molar-refractivity contribution in [2.24, 2.45) is 0 Å². The quantitative estimate of drug-likeness (QED) is 0.706. The molecule has 1 aliphatic rings. The average molecular weight is 266 g/mol. The summed E-state index contributed by atoms with van der Waals surface area (Å²) in [5, 5.41) is 0. The van der Waals surface area contributed by atoms with Crippen molar-refractivity contribution in [1.82, 2.24) is 0 Å². The lowest BCUT2D eigenvalue weighted by molar-refractivity contribution is 0.0998. The topological polar surface area (TPSA) is 26.3 Å². The highest BCUT2D eigenvalue weighted by Crippen LogP contribution is 2.40. The Morgan fingerprint density at radius 2 is 1.90 bits per heavy atom. The minimum atomic E-state index is 0.0865. The molecule has 1 aliphatic carbocycles. The van der Waals surface area contributed by atoms with E-state index in [4.69, 9.17) is 4.74 Å². The molecule has 20 heavy (non-hydrogen) atoms. The third kappa shape index (κ3) is 1.80. The molecule has 0 aromatic heterocycles. The molecule has 0 fully saturated rings. The van der Waals surface area contributed by atoms with Crippen LogP contribution in [0.15, 0.2) is 36.4 Å². The number of hydrogen-bond acceptors (Lipinski definition) is 2. The molecule has 2 aromatic carbocycles. The monoisotopic (exact) mass is 266 g/mol. The van der Waals surface area contributed by atoms with E-state index in [1.54, 1.807) is 7.11 Å². The number of methoxy groups -OCH3 is 1.